The van der Waals surface area contributed by atoms with Gasteiger partial charge in [0.2, 0.25) is 11.8 Å². The summed E-state index contributed by atoms with van der Waals surface area (Å²) in [6.45, 7) is 5.68. The second-order valence-corrected chi connectivity index (χ2v) is 13.4. The first-order chi connectivity index (χ1) is 22.0. The molecule has 0 aliphatic heterocycles. The van der Waals surface area contributed by atoms with E-state index in [2.05, 4.69) is 5.32 Å². The number of methoxy groups -OCH3 is 1. The molecule has 242 valence electrons. The second-order valence-electron chi connectivity index (χ2n) is 11.1. The number of rotatable bonds is 14. The summed E-state index contributed by atoms with van der Waals surface area (Å²) in [5.41, 5.74) is 3.65. The maximum Gasteiger partial charge on any atom is 0.264 e. The lowest BCUT2D eigenvalue weighted by Crippen LogP contribution is -2.53. The Labute approximate surface area is 277 Å². The smallest absolute Gasteiger partial charge is 0.264 e. The van der Waals surface area contributed by atoms with Crippen LogP contribution >= 0.6 is 11.6 Å². The standard InChI is InChI=1S/C36H40ClN3O5S/c1-5-20-38-36(42)33(22-28-11-7-6-8-12-28)39(24-29-13-9-10-27(3)21-29)35(41)25-40(32-23-30(37)16-19-34(32)45-4)46(43,44)31-17-14-26(2)15-18-31/h6-19,21,23,33H,5,20,22,24-25H2,1-4H3,(H,38,42)/t33-/m1/s1. The molecular formula is C36H40ClN3O5S. The minimum Gasteiger partial charge on any atom is -0.495 e. The van der Waals surface area contributed by atoms with Crippen molar-refractivity contribution < 1.29 is 22.7 Å². The van der Waals surface area contributed by atoms with Crippen molar-refractivity contribution in [3.63, 3.8) is 0 Å². The van der Waals surface area contributed by atoms with E-state index in [1.165, 1.54) is 30.2 Å². The molecule has 0 aliphatic carbocycles. The molecule has 0 heterocycles. The number of hydrogen-bond donors (Lipinski definition) is 1. The Morgan fingerprint density at radius 3 is 2.22 bits per heavy atom. The molecule has 46 heavy (non-hydrogen) atoms. The zero-order valence-corrected chi connectivity index (χ0v) is 28.1. The fourth-order valence-electron chi connectivity index (χ4n) is 5.14. The first-order valence-corrected chi connectivity index (χ1v) is 16.9. The Kier molecular flexibility index (Phi) is 11.8. The van der Waals surface area contributed by atoms with E-state index in [0.717, 1.165) is 26.6 Å². The van der Waals surface area contributed by atoms with Gasteiger partial charge in [0.25, 0.3) is 10.0 Å². The minimum atomic E-state index is -4.30. The number of hydrogen-bond acceptors (Lipinski definition) is 5. The third-order valence-electron chi connectivity index (χ3n) is 7.55. The number of nitrogens with one attached hydrogen (secondary N) is 1. The Hall–Kier alpha value is -4.34. The summed E-state index contributed by atoms with van der Waals surface area (Å²) in [6.07, 6.45) is 0.950. The van der Waals surface area contributed by atoms with Crippen molar-refractivity contribution >= 4 is 39.1 Å². The molecule has 10 heteroatoms. The van der Waals surface area contributed by atoms with Crippen molar-refractivity contribution in [2.24, 2.45) is 0 Å². The van der Waals surface area contributed by atoms with Gasteiger partial charge in [-0.05, 0) is 61.7 Å². The van der Waals surface area contributed by atoms with Crippen molar-refractivity contribution in [1.29, 1.82) is 0 Å². The van der Waals surface area contributed by atoms with Crippen LogP contribution in [0.1, 0.15) is 35.6 Å². The van der Waals surface area contributed by atoms with E-state index >= 15 is 0 Å². The molecule has 0 spiro atoms. The number of carbonyl (C=O) groups excluding carboxylic acids is 2. The molecule has 0 saturated heterocycles. The monoisotopic (exact) mass is 661 g/mol. The van der Waals surface area contributed by atoms with Gasteiger partial charge in [-0.2, -0.15) is 0 Å². The first kappa shape index (κ1) is 34.5. The number of ether oxygens (including phenoxy) is 1. The van der Waals surface area contributed by atoms with Crippen LogP contribution in [0.2, 0.25) is 5.02 Å². The number of halogens is 1. The Morgan fingerprint density at radius 1 is 0.870 bits per heavy atom. The molecule has 0 saturated carbocycles. The van der Waals surface area contributed by atoms with Gasteiger partial charge in [-0.1, -0.05) is 96.4 Å². The summed E-state index contributed by atoms with van der Waals surface area (Å²) in [4.78, 5) is 29.9. The number of amides is 2. The Bertz CT molecular complexity index is 1750. The van der Waals surface area contributed by atoms with Crippen LogP contribution in [0.3, 0.4) is 0 Å². The summed E-state index contributed by atoms with van der Waals surface area (Å²) < 4.78 is 35.1. The number of carbonyl (C=O) groups is 2. The van der Waals surface area contributed by atoms with Gasteiger partial charge in [0.05, 0.1) is 17.7 Å². The van der Waals surface area contributed by atoms with Crippen LogP contribution in [0.25, 0.3) is 0 Å². The highest BCUT2D eigenvalue weighted by atomic mass is 35.5. The van der Waals surface area contributed by atoms with E-state index < -0.39 is 28.5 Å². The van der Waals surface area contributed by atoms with E-state index in [-0.39, 0.29) is 40.2 Å². The lowest BCUT2D eigenvalue weighted by molar-refractivity contribution is -0.140. The van der Waals surface area contributed by atoms with Crippen molar-refractivity contribution in [2.75, 3.05) is 24.5 Å². The maximum absolute atomic E-state index is 14.6. The number of nitrogens with zero attached hydrogens (tertiary/aromatic N) is 2. The van der Waals surface area contributed by atoms with Crippen molar-refractivity contribution in [1.82, 2.24) is 10.2 Å². The maximum atomic E-state index is 14.6. The highest BCUT2D eigenvalue weighted by Gasteiger charge is 2.35. The van der Waals surface area contributed by atoms with Crippen LogP contribution in [0, 0.1) is 13.8 Å². The predicted molar refractivity (Wildman–Crippen MR) is 183 cm³/mol. The topological polar surface area (TPSA) is 96.0 Å². The van der Waals surface area contributed by atoms with Gasteiger partial charge in [-0.3, -0.25) is 13.9 Å². The van der Waals surface area contributed by atoms with E-state index in [1.54, 1.807) is 24.3 Å². The van der Waals surface area contributed by atoms with Crippen LogP contribution in [0.5, 0.6) is 5.75 Å². The van der Waals surface area contributed by atoms with Crippen molar-refractivity contribution in [3.05, 3.63) is 124 Å². The highest BCUT2D eigenvalue weighted by molar-refractivity contribution is 7.92. The molecular weight excluding hydrogens is 622 g/mol. The molecule has 4 aromatic rings. The molecule has 4 rings (SSSR count). The minimum absolute atomic E-state index is 0.000290. The molecule has 0 unspecified atom stereocenters. The number of benzene rings is 4. The van der Waals surface area contributed by atoms with Gasteiger partial charge in [0.15, 0.2) is 0 Å². The van der Waals surface area contributed by atoms with Gasteiger partial charge < -0.3 is 15.0 Å². The zero-order chi connectivity index (χ0) is 33.3. The molecule has 8 nitrogen and oxygen atoms in total. The molecule has 0 fully saturated rings. The fourth-order valence-corrected chi connectivity index (χ4v) is 6.72. The quantitative estimate of drug-likeness (QED) is 0.171. The average molecular weight is 662 g/mol. The number of anilines is 1. The number of aryl methyl sites for hydroxylation is 2. The molecule has 4 aromatic carbocycles. The summed E-state index contributed by atoms with van der Waals surface area (Å²) >= 11 is 6.36. The van der Waals surface area contributed by atoms with Gasteiger partial charge >= 0.3 is 0 Å². The molecule has 1 atom stereocenters. The molecule has 2 amide bonds. The van der Waals surface area contributed by atoms with Crippen molar-refractivity contribution in [2.45, 2.75) is 51.1 Å². The summed E-state index contributed by atoms with van der Waals surface area (Å²) in [5, 5.41) is 3.22. The molecule has 0 aromatic heterocycles. The zero-order valence-electron chi connectivity index (χ0n) is 26.6. The normalized spacial score (nSPS) is 11.8. The third kappa shape index (κ3) is 8.68. The average Bonchev–Trinajstić information content (AvgIpc) is 3.04. The lowest BCUT2D eigenvalue weighted by Gasteiger charge is -2.34. The Morgan fingerprint density at radius 2 is 1.57 bits per heavy atom. The van der Waals surface area contributed by atoms with Gasteiger partial charge in [-0.15, -0.1) is 0 Å². The van der Waals surface area contributed by atoms with Gasteiger partial charge in [0, 0.05) is 24.5 Å². The first-order valence-electron chi connectivity index (χ1n) is 15.1. The van der Waals surface area contributed by atoms with Gasteiger partial charge in [-0.25, -0.2) is 8.42 Å². The van der Waals surface area contributed by atoms with Crippen LogP contribution in [0.4, 0.5) is 5.69 Å². The van der Waals surface area contributed by atoms with E-state index in [0.29, 0.717) is 13.0 Å². The molecule has 0 bridgehead atoms. The van der Waals surface area contributed by atoms with E-state index in [9.17, 15) is 18.0 Å². The summed E-state index contributed by atoms with van der Waals surface area (Å²) in [7, 11) is -2.88. The van der Waals surface area contributed by atoms with Gasteiger partial charge in [0.1, 0.15) is 18.3 Å². The van der Waals surface area contributed by atoms with Crippen LogP contribution in [-0.4, -0.2) is 51.4 Å². The molecule has 0 radical (unpaired) electrons. The predicted octanol–water partition coefficient (Wildman–Crippen LogP) is 6.33. The van der Waals surface area contributed by atoms with E-state index in [4.69, 9.17) is 16.3 Å². The van der Waals surface area contributed by atoms with Crippen LogP contribution in [0.15, 0.2) is 102 Å². The van der Waals surface area contributed by atoms with E-state index in [1.807, 2.05) is 75.4 Å². The molecule has 1 N–H and O–H groups in total. The summed E-state index contributed by atoms with van der Waals surface area (Å²) in [5.74, 6) is -0.661. The summed E-state index contributed by atoms with van der Waals surface area (Å²) in [6, 6.07) is 27.2. The number of sulfonamides is 1. The largest absolute Gasteiger partial charge is 0.495 e. The Balaban J connectivity index is 1.85. The highest BCUT2D eigenvalue weighted by Crippen LogP contribution is 2.35. The second kappa shape index (κ2) is 15.8. The van der Waals surface area contributed by atoms with Crippen LogP contribution < -0.4 is 14.4 Å². The molecule has 0 aliphatic rings. The third-order valence-corrected chi connectivity index (χ3v) is 9.56. The lowest BCUT2D eigenvalue weighted by atomic mass is 10.0. The fraction of sp³-hybridized carbons (Fsp3) is 0.278. The van der Waals surface area contributed by atoms with Crippen LogP contribution in [-0.2, 0) is 32.6 Å². The van der Waals surface area contributed by atoms with Crippen molar-refractivity contribution in [3.8, 4) is 5.75 Å². The SMILES string of the molecule is CCCNC(=O)[C@@H](Cc1ccccc1)N(Cc1cccc(C)c1)C(=O)CN(c1cc(Cl)ccc1OC)S(=O)(=O)c1ccc(C)cc1.